The van der Waals surface area contributed by atoms with Gasteiger partial charge in [0.25, 0.3) is 5.69 Å². The summed E-state index contributed by atoms with van der Waals surface area (Å²) < 4.78 is 0. The smallest absolute Gasteiger partial charge is 0.293 e. The van der Waals surface area contributed by atoms with Crippen LogP contribution in [0.25, 0.3) is 0 Å². The van der Waals surface area contributed by atoms with Crippen LogP contribution >= 0.6 is 0 Å². The number of amidine groups is 1. The Morgan fingerprint density at radius 3 is 2.82 bits per heavy atom. The molecule has 1 atom stereocenters. The highest BCUT2D eigenvalue weighted by Gasteiger charge is 2.38. The highest BCUT2D eigenvalue weighted by atomic mass is 16.6. The second-order valence-electron chi connectivity index (χ2n) is 6.41. The molecule has 1 aromatic heterocycles. The Labute approximate surface area is 160 Å². The number of para-hydroxylation sites is 1. The Morgan fingerprint density at radius 2 is 2.11 bits per heavy atom. The van der Waals surface area contributed by atoms with Gasteiger partial charge in [-0.1, -0.05) is 31.5 Å². The highest BCUT2D eigenvalue weighted by molar-refractivity contribution is 6.22. The van der Waals surface area contributed by atoms with E-state index in [1.807, 2.05) is 13.0 Å². The van der Waals surface area contributed by atoms with Gasteiger partial charge in [-0.05, 0) is 18.6 Å². The SMILES string of the molecule is CCCC1=NN=C2CN=C(c3ccccn3)c3cccc([N+](=O)[O-])c3N2C1O. The fourth-order valence-electron chi connectivity index (χ4n) is 3.39. The molecule has 142 valence electrons. The summed E-state index contributed by atoms with van der Waals surface area (Å²) in [7, 11) is 0. The number of benzene rings is 1. The molecule has 4 rings (SSSR count). The molecule has 0 saturated heterocycles. The average Bonchev–Trinajstić information content (AvgIpc) is 2.88. The zero-order valence-electron chi connectivity index (χ0n) is 15.2. The molecule has 1 unspecified atom stereocenters. The van der Waals surface area contributed by atoms with Gasteiger partial charge >= 0.3 is 0 Å². The fraction of sp³-hybridized carbons (Fsp3) is 0.263. The Bertz CT molecular complexity index is 1020. The first-order valence-electron chi connectivity index (χ1n) is 8.96. The van der Waals surface area contributed by atoms with Crippen LogP contribution in [0.5, 0.6) is 0 Å². The number of pyridine rings is 1. The monoisotopic (exact) mass is 378 g/mol. The minimum atomic E-state index is -1.13. The first-order valence-corrected chi connectivity index (χ1v) is 8.96. The van der Waals surface area contributed by atoms with Gasteiger partial charge in [-0.25, -0.2) is 0 Å². The standard InChI is InChI=1S/C19H18N6O3/c1-2-6-14-19(26)24-16(23-22-14)11-21-17(13-8-3-4-10-20-13)12-7-5-9-15(18(12)24)25(27)28/h3-5,7-10,19,26H,2,6,11H2,1H3. The topological polar surface area (TPSA) is 117 Å². The van der Waals surface area contributed by atoms with E-state index in [0.717, 1.165) is 6.42 Å². The summed E-state index contributed by atoms with van der Waals surface area (Å²) in [4.78, 5) is 21.8. The van der Waals surface area contributed by atoms with E-state index in [4.69, 9.17) is 0 Å². The van der Waals surface area contributed by atoms with E-state index >= 15 is 0 Å². The molecule has 1 N–H and O–H groups in total. The van der Waals surface area contributed by atoms with Crippen molar-refractivity contribution < 1.29 is 10.0 Å². The zero-order chi connectivity index (χ0) is 19.7. The molecule has 0 amide bonds. The molecule has 3 heterocycles. The van der Waals surface area contributed by atoms with Crippen molar-refractivity contribution in [1.82, 2.24) is 4.98 Å². The average molecular weight is 378 g/mol. The predicted octanol–water partition coefficient (Wildman–Crippen LogP) is 2.53. The van der Waals surface area contributed by atoms with Crippen LogP contribution in [0, 0.1) is 10.1 Å². The summed E-state index contributed by atoms with van der Waals surface area (Å²) in [5.41, 5.74) is 2.22. The molecule has 2 aromatic rings. The maximum Gasteiger partial charge on any atom is 0.293 e. The predicted molar refractivity (Wildman–Crippen MR) is 106 cm³/mol. The molecule has 1 aromatic carbocycles. The van der Waals surface area contributed by atoms with E-state index in [2.05, 4.69) is 20.2 Å². The van der Waals surface area contributed by atoms with Gasteiger partial charge in [0, 0.05) is 17.8 Å². The van der Waals surface area contributed by atoms with Crippen molar-refractivity contribution in [2.45, 2.75) is 26.0 Å². The van der Waals surface area contributed by atoms with Crippen LogP contribution in [-0.2, 0) is 0 Å². The van der Waals surface area contributed by atoms with E-state index in [1.165, 1.54) is 11.0 Å². The zero-order valence-corrected chi connectivity index (χ0v) is 15.2. The van der Waals surface area contributed by atoms with Crippen LogP contribution in [0.15, 0.2) is 57.8 Å². The summed E-state index contributed by atoms with van der Waals surface area (Å²) in [5, 5.41) is 31.1. The van der Waals surface area contributed by atoms with Gasteiger partial charge < -0.3 is 5.11 Å². The van der Waals surface area contributed by atoms with E-state index in [0.29, 0.717) is 34.9 Å². The number of hydrogen-bond acceptors (Lipinski definition) is 8. The number of aliphatic imine (C=N–C) groups is 1. The number of nitrogens with zero attached hydrogens (tertiary/aromatic N) is 6. The van der Waals surface area contributed by atoms with Gasteiger partial charge in [-0.3, -0.25) is 25.0 Å². The van der Waals surface area contributed by atoms with Crippen molar-refractivity contribution in [3.8, 4) is 0 Å². The Hall–Kier alpha value is -3.46. The lowest BCUT2D eigenvalue weighted by atomic mass is 10.0. The quantitative estimate of drug-likeness (QED) is 0.648. The van der Waals surface area contributed by atoms with Crippen molar-refractivity contribution >= 4 is 28.6 Å². The molecule has 2 aliphatic heterocycles. The number of aromatic nitrogens is 1. The third kappa shape index (κ3) is 2.95. The number of fused-ring (bicyclic) bond motifs is 3. The first kappa shape index (κ1) is 17.9. The lowest BCUT2D eigenvalue weighted by Crippen LogP contribution is -2.48. The van der Waals surface area contributed by atoms with E-state index in [9.17, 15) is 15.2 Å². The largest absolute Gasteiger partial charge is 0.368 e. The van der Waals surface area contributed by atoms with Crippen LogP contribution < -0.4 is 4.90 Å². The number of nitro benzene ring substituents is 1. The summed E-state index contributed by atoms with van der Waals surface area (Å²) in [5.74, 6) is 0.355. The molecular weight excluding hydrogens is 360 g/mol. The van der Waals surface area contributed by atoms with Gasteiger partial charge in [0.15, 0.2) is 12.1 Å². The lowest BCUT2D eigenvalue weighted by molar-refractivity contribution is -0.384. The molecular formula is C19H18N6O3. The molecule has 9 nitrogen and oxygen atoms in total. The summed E-state index contributed by atoms with van der Waals surface area (Å²) in [6.45, 7) is 2.09. The number of rotatable bonds is 4. The maximum atomic E-state index is 11.8. The minimum absolute atomic E-state index is 0.123. The Balaban J connectivity index is 1.96. The number of aliphatic hydroxyl groups excluding tert-OH is 1. The third-order valence-electron chi connectivity index (χ3n) is 4.61. The van der Waals surface area contributed by atoms with Crippen molar-refractivity contribution in [2.24, 2.45) is 15.2 Å². The molecule has 9 heteroatoms. The highest BCUT2D eigenvalue weighted by Crippen LogP contribution is 2.37. The van der Waals surface area contributed by atoms with E-state index in [1.54, 1.807) is 30.5 Å². The number of nitro groups is 1. The van der Waals surface area contributed by atoms with Gasteiger partial charge in [0.1, 0.15) is 5.69 Å². The van der Waals surface area contributed by atoms with Crippen LogP contribution in [0.1, 0.15) is 31.0 Å². The van der Waals surface area contributed by atoms with Crippen LogP contribution in [0.2, 0.25) is 0 Å². The molecule has 0 aliphatic carbocycles. The molecule has 0 radical (unpaired) electrons. The summed E-state index contributed by atoms with van der Waals surface area (Å²) in [6.07, 6.45) is 1.82. The van der Waals surface area contributed by atoms with Crippen LogP contribution in [-0.4, -0.2) is 45.0 Å². The summed E-state index contributed by atoms with van der Waals surface area (Å²) in [6, 6.07) is 10.2. The molecule has 0 fully saturated rings. The van der Waals surface area contributed by atoms with Crippen molar-refractivity contribution in [3.05, 3.63) is 64.0 Å². The Kier molecular flexibility index (Phi) is 4.66. The Morgan fingerprint density at radius 1 is 1.25 bits per heavy atom. The van der Waals surface area contributed by atoms with E-state index < -0.39 is 11.2 Å². The third-order valence-corrected chi connectivity index (χ3v) is 4.61. The molecule has 0 spiro atoms. The lowest BCUT2D eigenvalue weighted by Gasteiger charge is -2.32. The molecule has 2 aliphatic rings. The normalized spacial score (nSPS) is 18.3. The molecule has 0 bridgehead atoms. The summed E-state index contributed by atoms with van der Waals surface area (Å²) >= 11 is 0. The fourth-order valence-corrected chi connectivity index (χ4v) is 3.39. The molecule has 28 heavy (non-hydrogen) atoms. The number of aliphatic hydroxyl groups is 1. The van der Waals surface area contributed by atoms with Gasteiger partial charge in [-0.15, -0.1) is 5.10 Å². The van der Waals surface area contributed by atoms with Crippen LogP contribution in [0.4, 0.5) is 11.4 Å². The van der Waals surface area contributed by atoms with Crippen molar-refractivity contribution in [1.29, 1.82) is 0 Å². The second-order valence-corrected chi connectivity index (χ2v) is 6.41. The number of hydrogen-bond donors (Lipinski definition) is 1. The van der Waals surface area contributed by atoms with Crippen molar-refractivity contribution in [3.63, 3.8) is 0 Å². The van der Waals surface area contributed by atoms with Crippen molar-refractivity contribution in [2.75, 3.05) is 11.4 Å². The van der Waals surface area contributed by atoms with Gasteiger partial charge in [0.2, 0.25) is 0 Å². The van der Waals surface area contributed by atoms with Crippen LogP contribution in [0.3, 0.4) is 0 Å². The minimum Gasteiger partial charge on any atom is -0.368 e. The first-order chi connectivity index (χ1) is 13.6. The van der Waals surface area contributed by atoms with Gasteiger partial charge in [-0.2, -0.15) is 5.10 Å². The number of anilines is 1. The molecule has 0 saturated carbocycles. The van der Waals surface area contributed by atoms with Gasteiger partial charge in [0.05, 0.1) is 28.6 Å². The maximum absolute atomic E-state index is 11.8. The second kappa shape index (κ2) is 7.28. The van der Waals surface area contributed by atoms with E-state index in [-0.39, 0.29) is 17.9 Å².